The molecule has 2 aromatic rings. The van der Waals surface area contributed by atoms with Crippen LogP contribution in [-0.4, -0.2) is 27.3 Å². The van der Waals surface area contributed by atoms with Crippen molar-refractivity contribution in [1.82, 2.24) is 25.5 Å². The van der Waals surface area contributed by atoms with Gasteiger partial charge in [0.05, 0.1) is 11.7 Å². The van der Waals surface area contributed by atoms with Crippen LogP contribution in [0.5, 0.6) is 0 Å². The Labute approximate surface area is 119 Å². The predicted octanol–water partition coefficient (Wildman–Crippen LogP) is 2.67. The van der Waals surface area contributed by atoms with Crippen LogP contribution in [0.4, 0.5) is 0 Å². The van der Waals surface area contributed by atoms with Gasteiger partial charge in [-0.3, -0.25) is 0 Å². The summed E-state index contributed by atoms with van der Waals surface area (Å²) in [4.78, 5) is 0. The van der Waals surface area contributed by atoms with E-state index in [4.69, 9.17) is 11.6 Å². The lowest BCUT2D eigenvalue weighted by molar-refractivity contribution is 0.588. The highest BCUT2D eigenvalue weighted by atomic mass is 79.9. The van der Waals surface area contributed by atoms with Crippen molar-refractivity contribution in [2.75, 3.05) is 7.05 Å². The molecule has 0 saturated carbocycles. The van der Waals surface area contributed by atoms with E-state index in [1.165, 1.54) is 0 Å². The van der Waals surface area contributed by atoms with E-state index in [1.807, 2.05) is 33.0 Å². The topological polar surface area (TPSA) is 55.6 Å². The van der Waals surface area contributed by atoms with E-state index < -0.39 is 0 Å². The van der Waals surface area contributed by atoms with Crippen molar-refractivity contribution in [2.24, 2.45) is 0 Å². The number of aromatic nitrogens is 4. The fourth-order valence-electron chi connectivity index (χ4n) is 1.56. The van der Waals surface area contributed by atoms with Gasteiger partial charge in [-0.2, -0.15) is 4.68 Å². The Kier molecular flexibility index (Phi) is 3.99. The van der Waals surface area contributed by atoms with E-state index >= 15 is 0 Å². The Hall–Kier alpha value is -0.980. The minimum atomic E-state index is 0.0481. The summed E-state index contributed by atoms with van der Waals surface area (Å²) >= 11 is 9.66. The van der Waals surface area contributed by atoms with Gasteiger partial charge in [-0.05, 0) is 64.9 Å². The zero-order chi connectivity index (χ0) is 13.3. The lowest BCUT2D eigenvalue weighted by Crippen LogP contribution is -2.18. The molecule has 0 aliphatic carbocycles. The number of halogens is 2. The fourth-order valence-corrected chi connectivity index (χ4v) is 2.35. The fraction of sp³-hybridized carbons (Fsp3) is 0.364. The summed E-state index contributed by atoms with van der Waals surface area (Å²) < 4.78 is 2.58. The third-order valence-electron chi connectivity index (χ3n) is 2.77. The van der Waals surface area contributed by atoms with E-state index in [0.717, 1.165) is 21.5 Å². The molecule has 0 fully saturated rings. The Balaban J connectivity index is 2.56. The van der Waals surface area contributed by atoms with Crippen LogP contribution in [0.1, 0.15) is 24.4 Å². The second-order valence-electron chi connectivity index (χ2n) is 4.01. The van der Waals surface area contributed by atoms with Crippen LogP contribution in [0.25, 0.3) is 5.69 Å². The first-order valence-electron chi connectivity index (χ1n) is 5.46. The predicted molar refractivity (Wildman–Crippen MR) is 74.1 cm³/mol. The van der Waals surface area contributed by atoms with Gasteiger partial charge in [-0.1, -0.05) is 11.6 Å². The van der Waals surface area contributed by atoms with Crippen molar-refractivity contribution < 1.29 is 0 Å². The smallest absolute Gasteiger partial charge is 0.173 e. The highest BCUT2D eigenvalue weighted by Gasteiger charge is 2.16. The second kappa shape index (κ2) is 5.34. The number of hydrogen-bond acceptors (Lipinski definition) is 4. The van der Waals surface area contributed by atoms with Crippen LogP contribution in [0.2, 0.25) is 5.02 Å². The third kappa shape index (κ3) is 2.41. The summed E-state index contributed by atoms with van der Waals surface area (Å²) in [7, 11) is 1.86. The van der Waals surface area contributed by atoms with Crippen LogP contribution in [-0.2, 0) is 0 Å². The largest absolute Gasteiger partial charge is 0.311 e. The number of nitrogens with one attached hydrogen (secondary N) is 1. The minimum Gasteiger partial charge on any atom is -0.311 e. The summed E-state index contributed by atoms with van der Waals surface area (Å²) in [5, 5.41) is 15.6. The zero-order valence-electron chi connectivity index (χ0n) is 10.3. The van der Waals surface area contributed by atoms with Crippen LogP contribution in [0, 0.1) is 6.92 Å². The number of tetrazole rings is 1. The molecular weight excluding hydrogens is 318 g/mol. The minimum absolute atomic E-state index is 0.0481. The second-order valence-corrected chi connectivity index (χ2v) is 5.27. The van der Waals surface area contributed by atoms with Gasteiger partial charge in [-0.15, -0.1) is 5.10 Å². The van der Waals surface area contributed by atoms with Gasteiger partial charge in [0.2, 0.25) is 0 Å². The Morgan fingerprint density at radius 1 is 1.44 bits per heavy atom. The van der Waals surface area contributed by atoms with E-state index in [0.29, 0.717) is 5.02 Å². The molecule has 0 spiro atoms. The van der Waals surface area contributed by atoms with E-state index in [9.17, 15) is 0 Å². The molecule has 7 heteroatoms. The quantitative estimate of drug-likeness (QED) is 0.940. The van der Waals surface area contributed by atoms with Gasteiger partial charge in [0.1, 0.15) is 0 Å². The summed E-state index contributed by atoms with van der Waals surface area (Å²) in [6.07, 6.45) is 0. The van der Waals surface area contributed by atoms with E-state index in [2.05, 4.69) is 36.8 Å². The maximum Gasteiger partial charge on any atom is 0.173 e. The molecule has 1 N–H and O–H groups in total. The average molecular weight is 331 g/mol. The number of rotatable bonds is 3. The Bertz CT molecular complexity index is 569. The maximum atomic E-state index is 6.15. The molecule has 0 aliphatic heterocycles. The molecule has 0 amide bonds. The third-order valence-corrected chi connectivity index (χ3v) is 3.81. The molecule has 18 heavy (non-hydrogen) atoms. The first-order chi connectivity index (χ1) is 8.54. The number of hydrogen-bond donors (Lipinski definition) is 1. The van der Waals surface area contributed by atoms with Crippen molar-refractivity contribution in [2.45, 2.75) is 19.9 Å². The molecule has 0 bridgehead atoms. The summed E-state index contributed by atoms with van der Waals surface area (Å²) in [5.74, 6) is 0.734. The molecule has 1 atom stereocenters. The highest BCUT2D eigenvalue weighted by Crippen LogP contribution is 2.28. The Morgan fingerprint density at radius 2 is 2.17 bits per heavy atom. The normalized spacial score (nSPS) is 12.7. The standard InChI is InChI=1S/C11H13BrClN5/c1-6-4-8(12)10(5-9(6)13)18-11(7(2)14-3)15-16-17-18/h4-5,7,14H,1-3H3. The van der Waals surface area contributed by atoms with Gasteiger partial charge >= 0.3 is 0 Å². The van der Waals surface area contributed by atoms with Gasteiger partial charge in [-0.25, -0.2) is 0 Å². The lowest BCUT2D eigenvalue weighted by Gasteiger charge is -2.12. The SMILES string of the molecule is CNC(C)c1nnnn1-c1cc(Cl)c(C)cc1Br. The van der Waals surface area contributed by atoms with Gasteiger partial charge in [0.15, 0.2) is 5.82 Å². The molecule has 1 aromatic heterocycles. The highest BCUT2D eigenvalue weighted by molar-refractivity contribution is 9.10. The number of aryl methyl sites for hydroxylation is 1. The molecule has 1 aromatic carbocycles. The van der Waals surface area contributed by atoms with Crippen molar-refractivity contribution >= 4 is 27.5 Å². The molecule has 1 unspecified atom stereocenters. The molecule has 96 valence electrons. The van der Waals surface area contributed by atoms with Gasteiger partial charge < -0.3 is 5.32 Å². The summed E-state index contributed by atoms with van der Waals surface area (Å²) in [6, 6.07) is 3.85. The zero-order valence-corrected chi connectivity index (χ0v) is 12.6. The van der Waals surface area contributed by atoms with Crippen molar-refractivity contribution in [3.63, 3.8) is 0 Å². The molecule has 5 nitrogen and oxygen atoms in total. The van der Waals surface area contributed by atoms with Gasteiger partial charge in [0, 0.05) is 9.50 Å². The number of nitrogens with zero attached hydrogens (tertiary/aromatic N) is 4. The molecule has 0 saturated heterocycles. The average Bonchev–Trinajstić information content (AvgIpc) is 2.81. The van der Waals surface area contributed by atoms with Crippen LogP contribution >= 0.6 is 27.5 Å². The molecular formula is C11H13BrClN5. The maximum absolute atomic E-state index is 6.15. The summed E-state index contributed by atoms with van der Waals surface area (Å²) in [6.45, 7) is 3.94. The van der Waals surface area contributed by atoms with E-state index in [1.54, 1.807) is 4.68 Å². The molecule has 1 heterocycles. The lowest BCUT2D eigenvalue weighted by atomic mass is 10.2. The number of benzene rings is 1. The molecule has 0 aliphatic rings. The first-order valence-corrected chi connectivity index (χ1v) is 6.63. The molecule has 0 radical (unpaired) electrons. The first kappa shape index (κ1) is 13.5. The van der Waals surface area contributed by atoms with Gasteiger partial charge in [0.25, 0.3) is 0 Å². The van der Waals surface area contributed by atoms with Crippen molar-refractivity contribution in [3.8, 4) is 5.69 Å². The van der Waals surface area contributed by atoms with Crippen LogP contribution in [0.15, 0.2) is 16.6 Å². The molecule has 2 rings (SSSR count). The van der Waals surface area contributed by atoms with Crippen molar-refractivity contribution in [3.05, 3.63) is 33.0 Å². The van der Waals surface area contributed by atoms with Crippen LogP contribution < -0.4 is 5.32 Å². The summed E-state index contributed by atoms with van der Waals surface area (Å²) in [5.41, 5.74) is 1.83. The van der Waals surface area contributed by atoms with Crippen LogP contribution in [0.3, 0.4) is 0 Å². The Morgan fingerprint density at radius 3 is 2.83 bits per heavy atom. The van der Waals surface area contributed by atoms with Crippen molar-refractivity contribution in [1.29, 1.82) is 0 Å². The van der Waals surface area contributed by atoms with E-state index in [-0.39, 0.29) is 6.04 Å². The monoisotopic (exact) mass is 329 g/mol.